The van der Waals surface area contributed by atoms with Crippen molar-refractivity contribution in [2.75, 3.05) is 0 Å². The molecule has 0 unspecified atom stereocenters. The highest BCUT2D eigenvalue weighted by atomic mass is 16.3. The van der Waals surface area contributed by atoms with Gasteiger partial charge in [0.1, 0.15) is 0 Å². The molecule has 0 heterocycles. The Kier molecular flexibility index (Phi) is 5.04. The molecule has 0 aliphatic heterocycles. The van der Waals surface area contributed by atoms with Gasteiger partial charge in [-0.25, -0.2) is 0 Å². The molecule has 2 rings (SSSR count). The first-order chi connectivity index (χ1) is 9.18. The third kappa shape index (κ3) is 3.60. The van der Waals surface area contributed by atoms with Crippen LogP contribution in [0.25, 0.3) is 0 Å². The Balaban J connectivity index is 2.00. The Hall–Kier alpha value is -0.820. The van der Waals surface area contributed by atoms with Gasteiger partial charge in [-0.2, -0.15) is 0 Å². The molecule has 0 saturated heterocycles. The highest BCUT2D eigenvalue weighted by molar-refractivity contribution is 5.27. The van der Waals surface area contributed by atoms with Crippen LogP contribution in [-0.2, 0) is 12.0 Å². The van der Waals surface area contributed by atoms with Crippen LogP contribution >= 0.6 is 0 Å². The highest BCUT2D eigenvalue weighted by Gasteiger charge is 2.34. The van der Waals surface area contributed by atoms with Gasteiger partial charge in [0.05, 0.1) is 5.60 Å². The molecular formula is C18H28O. The Morgan fingerprint density at radius 1 is 1.05 bits per heavy atom. The maximum absolute atomic E-state index is 10.8. The lowest BCUT2D eigenvalue weighted by Crippen LogP contribution is -2.31. The number of aryl methyl sites for hydroxylation is 1. The van der Waals surface area contributed by atoms with E-state index in [-0.39, 0.29) is 0 Å². The molecule has 0 spiro atoms. The largest absolute Gasteiger partial charge is 0.385 e. The molecule has 1 aromatic rings. The van der Waals surface area contributed by atoms with Crippen molar-refractivity contribution >= 4 is 0 Å². The summed E-state index contributed by atoms with van der Waals surface area (Å²) in [7, 11) is 0. The number of aliphatic hydroxyl groups is 1. The zero-order chi connectivity index (χ0) is 13.7. The Bertz CT molecular complexity index is 371. The monoisotopic (exact) mass is 260 g/mol. The molecule has 19 heavy (non-hydrogen) atoms. The third-order valence-corrected chi connectivity index (χ3v) is 4.66. The van der Waals surface area contributed by atoms with Gasteiger partial charge in [-0.3, -0.25) is 0 Å². The molecule has 0 bridgehead atoms. The SMILES string of the molecule is CCCc1ccc([C@]2(O)CC[C@@H](CCC)CC2)cc1. The van der Waals surface area contributed by atoms with E-state index in [1.54, 1.807) is 0 Å². The van der Waals surface area contributed by atoms with Crippen LogP contribution in [-0.4, -0.2) is 5.11 Å². The van der Waals surface area contributed by atoms with Crippen LogP contribution in [0.4, 0.5) is 0 Å². The lowest BCUT2D eigenvalue weighted by atomic mass is 9.74. The second kappa shape index (κ2) is 6.56. The van der Waals surface area contributed by atoms with E-state index in [0.29, 0.717) is 0 Å². The fourth-order valence-corrected chi connectivity index (χ4v) is 3.41. The number of hydrogen-bond acceptors (Lipinski definition) is 1. The first-order valence-corrected chi connectivity index (χ1v) is 7.99. The molecule has 1 fully saturated rings. The normalized spacial score (nSPS) is 27.4. The summed E-state index contributed by atoms with van der Waals surface area (Å²) in [5.74, 6) is 0.838. The number of rotatable bonds is 5. The van der Waals surface area contributed by atoms with Gasteiger partial charge >= 0.3 is 0 Å². The van der Waals surface area contributed by atoms with Crippen LogP contribution in [0.15, 0.2) is 24.3 Å². The molecule has 1 saturated carbocycles. The molecule has 0 radical (unpaired) electrons. The second-order valence-corrected chi connectivity index (χ2v) is 6.21. The summed E-state index contributed by atoms with van der Waals surface area (Å²) in [5.41, 5.74) is 1.95. The first kappa shape index (κ1) is 14.6. The fraction of sp³-hybridized carbons (Fsp3) is 0.667. The van der Waals surface area contributed by atoms with Crippen molar-refractivity contribution < 1.29 is 5.11 Å². The van der Waals surface area contributed by atoms with Crippen LogP contribution in [0.1, 0.15) is 69.9 Å². The second-order valence-electron chi connectivity index (χ2n) is 6.21. The molecule has 1 N–H and O–H groups in total. The molecule has 0 aromatic heterocycles. The van der Waals surface area contributed by atoms with E-state index >= 15 is 0 Å². The molecule has 1 aliphatic rings. The predicted molar refractivity (Wildman–Crippen MR) is 81.2 cm³/mol. The Labute approximate surface area is 118 Å². The van der Waals surface area contributed by atoms with Crippen molar-refractivity contribution in [2.24, 2.45) is 5.92 Å². The van der Waals surface area contributed by atoms with Gasteiger partial charge in [0.15, 0.2) is 0 Å². The predicted octanol–water partition coefficient (Wildman–Crippen LogP) is 4.82. The van der Waals surface area contributed by atoms with Crippen LogP contribution in [0.2, 0.25) is 0 Å². The van der Waals surface area contributed by atoms with Crippen molar-refractivity contribution in [3.8, 4) is 0 Å². The Morgan fingerprint density at radius 2 is 1.68 bits per heavy atom. The summed E-state index contributed by atoms with van der Waals surface area (Å²) in [6.45, 7) is 4.46. The van der Waals surface area contributed by atoms with Crippen LogP contribution < -0.4 is 0 Å². The molecular weight excluding hydrogens is 232 g/mol. The van der Waals surface area contributed by atoms with Crippen molar-refractivity contribution in [2.45, 2.75) is 70.8 Å². The number of hydrogen-bond donors (Lipinski definition) is 1. The summed E-state index contributed by atoms with van der Waals surface area (Å²) in [5, 5.41) is 10.8. The van der Waals surface area contributed by atoms with Crippen molar-refractivity contribution in [3.63, 3.8) is 0 Å². The van der Waals surface area contributed by atoms with Crippen molar-refractivity contribution in [1.29, 1.82) is 0 Å². The molecule has 1 aromatic carbocycles. The van der Waals surface area contributed by atoms with Gasteiger partial charge in [-0.1, -0.05) is 57.4 Å². The topological polar surface area (TPSA) is 20.2 Å². The van der Waals surface area contributed by atoms with Gasteiger partial charge in [0.2, 0.25) is 0 Å². The van der Waals surface area contributed by atoms with Crippen LogP contribution in [0.5, 0.6) is 0 Å². The maximum atomic E-state index is 10.8. The van der Waals surface area contributed by atoms with E-state index in [0.717, 1.165) is 30.7 Å². The van der Waals surface area contributed by atoms with Crippen molar-refractivity contribution in [1.82, 2.24) is 0 Å². The maximum Gasteiger partial charge on any atom is 0.0896 e. The summed E-state index contributed by atoms with van der Waals surface area (Å²) in [6.07, 6.45) is 9.15. The smallest absolute Gasteiger partial charge is 0.0896 e. The summed E-state index contributed by atoms with van der Waals surface area (Å²) in [4.78, 5) is 0. The Morgan fingerprint density at radius 3 is 2.21 bits per heavy atom. The molecule has 1 heteroatoms. The average molecular weight is 260 g/mol. The van der Waals surface area contributed by atoms with E-state index in [4.69, 9.17) is 0 Å². The molecule has 1 aliphatic carbocycles. The molecule has 1 nitrogen and oxygen atoms in total. The van der Waals surface area contributed by atoms with Gasteiger partial charge in [-0.15, -0.1) is 0 Å². The minimum Gasteiger partial charge on any atom is -0.385 e. The first-order valence-electron chi connectivity index (χ1n) is 7.99. The van der Waals surface area contributed by atoms with Gasteiger partial charge in [0.25, 0.3) is 0 Å². The van der Waals surface area contributed by atoms with Gasteiger partial charge < -0.3 is 5.11 Å². The zero-order valence-electron chi connectivity index (χ0n) is 12.5. The van der Waals surface area contributed by atoms with Crippen molar-refractivity contribution in [3.05, 3.63) is 35.4 Å². The lowest BCUT2D eigenvalue weighted by Gasteiger charge is -2.36. The molecule has 0 atom stereocenters. The zero-order valence-corrected chi connectivity index (χ0v) is 12.5. The van der Waals surface area contributed by atoms with Crippen LogP contribution in [0, 0.1) is 5.92 Å². The van der Waals surface area contributed by atoms with Gasteiger partial charge in [0, 0.05) is 0 Å². The van der Waals surface area contributed by atoms with Gasteiger partial charge in [-0.05, 0) is 49.1 Å². The lowest BCUT2D eigenvalue weighted by molar-refractivity contribution is -0.0152. The fourth-order valence-electron chi connectivity index (χ4n) is 3.41. The van der Waals surface area contributed by atoms with E-state index in [1.165, 1.54) is 37.7 Å². The highest BCUT2D eigenvalue weighted by Crippen LogP contribution is 2.40. The third-order valence-electron chi connectivity index (χ3n) is 4.66. The van der Waals surface area contributed by atoms with E-state index < -0.39 is 5.60 Å². The standard InChI is InChI=1S/C18H28O/c1-3-5-15-7-9-17(10-8-15)18(19)13-11-16(6-4-2)12-14-18/h7-10,16,19H,3-6,11-14H2,1-2H3/t16-,18+. The van der Waals surface area contributed by atoms with E-state index in [9.17, 15) is 5.11 Å². The van der Waals surface area contributed by atoms with E-state index in [1.807, 2.05) is 0 Å². The number of benzene rings is 1. The summed E-state index contributed by atoms with van der Waals surface area (Å²) in [6, 6.07) is 8.67. The quantitative estimate of drug-likeness (QED) is 0.805. The summed E-state index contributed by atoms with van der Waals surface area (Å²) >= 11 is 0. The average Bonchev–Trinajstić information content (AvgIpc) is 2.43. The minimum atomic E-state index is -0.561. The van der Waals surface area contributed by atoms with E-state index in [2.05, 4.69) is 38.1 Å². The molecule has 0 amide bonds. The molecule has 106 valence electrons. The van der Waals surface area contributed by atoms with Crippen LogP contribution in [0.3, 0.4) is 0 Å². The minimum absolute atomic E-state index is 0.561. The summed E-state index contributed by atoms with van der Waals surface area (Å²) < 4.78 is 0.